The van der Waals surface area contributed by atoms with Crippen LogP contribution in [-0.4, -0.2) is 266 Å². The molecule has 99 heavy (non-hydrogen) atoms. The van der Waals surface area contributed by atoms with E-state index in [-0.39, 0.29) is 23.3 Å². The van der Waals surface area contributed by atoms with Crippen LogP contribution in [0.15, 0.2) is 72.8 Å². The number of amides is 6. The Hall–Kier alpha value is -9.01. The second kappa shape index (κ2) is 34.7. The van der Waals surface area contributed by atoms with Crippen molar-refractivity contribution < 1.29 is 173 Å². The average Bonchev–Trinajstić information content (AvgIpc) is 0.777. The summed E-state index contributed by atoms with van der Waals surface area (Å²) in [6.45, 7) is -1.33. The molecule has 0 aliphatic carbocycles. The molecule has 0 aliphatic heterocycles. The van der Waals surface area contributed by atoms with Gasteiger partial charge in [0, 0.05) is 11.1 Å². The lowest BCUT2D eigenvalue weighted by molar-refractivity contribution is -0.141. The van der Waals surface area contributed by atoms with Crippen molar-refractivity contribution in [2.45, 2.75) is 61.7 Å². The van der Waals surface area contributed by atoms with E-state index in [2.05, 4.69) is 0 Å². The molecule has 0 aromatic heterocycles. The number of hydrogen-bond acceptors (Lipinski definition) is 30. The second-order valence-electron chi connectivity index (χ2n) is 20.2. The highest BCUT2D eigenvalue weighted by molar-refractivity contribution is 7.87. The minimum Gasteiger partial charge on any atom is -0.480 e. The summed E-state index contributed by atoms with van der Waals surface area (Å²) in [6, 6.07) is -6.04. The number of carbonyl (C=O) groups is 12. The number of esters is 2. The van der Waals surface area contributed by atoms with Gasteiger partial charge in [-0.3, -0.25) is 75.5 Å². The molecule has 8 atom stereocenters. The van der Waals surface area contributed by atoms with Gasteiger partial charge in [-0.2, -0.15) is 58.9 Å². The summed E-state index contributed by atoms with van der Waals surface area (Å²) in [5.41, 5.74) is -5.01. The van der Waals surface area contributed by atoms with Crippen molar-refractivity contribution in [3.63, 3.8) is 0 Å². The van der Waals surface area contributed by atoms with E-state index in [1.54, 1.807) is 6.07 Å². The van der Waals surface area contributed by atoms with Gasteiger partial charge in [0.25, 0.3) is 88.3 Å². The van der Waals surface area contributed by atoms with Crippen LogP contribution < -0.4 is 37.2 Å². The molecule has 52 heteroatoms. The van der Waals surface area contributed by atoms with Crippen molar-refractivity contribution in [1.82, 2.24) is 37.2 Å². The Bertz CT molecular complexity index is 4480. The SMILES string of the molecule is O=C(OCc1ccccc1)C(=O)c1cc(C(=O)C(=O)OCc2ccccc2)c(C(=O)NC(CS(=O)(=O)O)C(=O)N[C@H](CS(=O)(=O)O)C(=O)N[C@H](CS(=O)(=O)O)C(=O)N[C@H](CS(=O)(=O)O)C(=O)N[C@H](CS(=O)(=O)O)C(O)N[C@H](CS(=O)(=O)O)C(=O)N[C@H](CS(=O)(=O)O)C(=O)O)cc1C(=O)O. The van der Waals surface area contributed by atoms with Crippen LogP contribution in [0.25, 0.3) is 0 Å². The number of hydrogen-bond donors (Lipinski definition) is 17. The van der Waals surface area contributed by atoms with E-state index in [1.165, 1.54) is 91.8 Å². The maximum absolute atomic E-state index is 14.2. The van der Waals surface area contributed by atoms with Gasteiger partial charge in [-0.25, -0.2) is 19.2 Å². The topological polar surface area (TPSA) is 749 Å². The molecule has 45 nitrogen and oxygen atoms in total. The summed E-state index contributed by atoms with van der Waals surface area (Å²) in [4.78, 5) is 160. The van der Waals surface area contributed by atoms with E-state index in [0.29, 0.717) is 0 Å². The van der Waals surface area contributed by atoms with Crippen LogP contribution in [0.2, 0.25) is 0 Å². The Kier molecular flexibility index (Phi) is 29.5. The van der Waals surface area contributed by atoms with Crippen molar-refractivity contribution in [3.05, 3.63) is 106 Å². The molecular formula is C47H55N7O38S7. The number of carboxylic acid groups (broad SMARTS) is 2. The Labute approximate surface area is 557 Å². The zero-order chi connectivity index (χ0) is 75.7. The number of Topliss-reactive ketones (excluding diaryl/α,β-unsaturated/α-hetero) is 2. The van der Waals surface area contributed by atoms with Crippen molar-refractivity contribution in [2.75, 3.05) is 40.3 Å². The van der Waals surface area contributed by atoms with E-state index >= 15 is 0 Å². The van der Waals surface area contributed by atoms with Crippen molar-refractivity contribution in [3.8, 4) is 0 Å². The molecule has 0 saturated heterocycles. The molecule has 548 valence electrons. The van der Waals surface area contributed by atoms with Gasteiger partial charge in [-0.05, 0) is 23.3 Å². The fourth-order valence-electron chi connectivity index (χ4n) is 7.88. The number of aliphatic carboxylic acids is 1. The first kappa shape index (κ1) is 84.2. The summed E-state index contributed by atoms with van der Waals surface area (Å²) in [5.74, 6) is -40.1. The van der Waals surface area contributed by atoms with E-state index in [1.807, 2.05) is 0 Å². The molecule has 0 spiro atoms. The van der Waals surface area contributed by atoms with Crippen molar-refractivity contribution >= 4 is 142 Å². The molecule has 3 rings (SSSR count). The largest absolute Gasteiger partial charge is 0.480 e. The fraction of sp³-hybridized carbons (Fsp3) is 0.362. The van der Waals surface area contributed by atoms with Gasteiger partial charge >= 0.3 is 23.9 Å². The van der Waals surface area contributed by atoms with E-state index in [4.69, 9.17) is 14.0 Å². The smallest absolute Gasteiger partial charge is 0.380 e. The van der Waals surface area contributed by atoms with Crippen LogP contribution in [-0.2, 0) is 132 Å². The minimum absolute atomic E-state index is 0.102. The predicted octanol–water partition coefficient (Wildman–Crippen LogP) is -8.66. The standard InChI is InChI=1S/C47H55N7O38S7/c55-35(46(68)91-13-22-7-3-1-4-8-22)24-11-25(36(56)47(69)92-14-23-9-5-2-6-10-23)27(44(64)65)12-26(24)37(57)48-28(15-93(70,71)72)38(58)49-29(16-94(73,74)75)39(59)50-30(17-95(76,77)78)40(60)51-31(18-96(79,80)81)41(61)52-32(19-97(82,83)84)42(62)53-33(20-98(85,86)87)43(63)54-34(45(66)67)21-99(88,89)90/h1-12,28-34,42,53,62H,13-21H2,(H,48,57)(H,49,58)(H,50,59)(H,51,60)(H,52,61)(H,54,63)(H,64,65)(H,66,67)(H,70,71,72)(H,73,74,75)(H,76,77,78)(H,79,80,81)(H,82,83,84)(H,85,86,87)(H,88,89,90)/t28?,29-,30-,31-,32-,33-,34-,42?/m1/s1. The molecule has 17 N–H and O–H groups in total. The van der Waals surface area contributed by atoms with Gasteiger partial charge in [0.05, 0.1) is 28.7 Å². The quantitative estimate of drug-likeness (QED) is 0.00829. The molecule has 0 heterocycles. The van der Waals surface area contributed by atoms with E-state index < -0.39 is 266 Å². The number of rotatable bonds is 39. The zero-order valence-electron chi connectivity index (χ0n) is 49.2. The Morgan fingerprint density at radius 2 is 0.636 bits per heavy atom. The third-order valence-electron chi connectivity index (χ3n) is 12.1. The molecule has 0 radical (unpaired) electrons. The lowest BCUT2D eigenvalue weighted by Gasteiger charge is -2.29. The summed E-state index contributed by atoms with van der Waals surface area (Å²) in [7, 11) is -39.6. The minimum atomic E-state index is -5.81. The van der Waals surface area contributed by atoms with E-state index in [9.17, 15) is 159 Å². The number of aliphatic hydroxyl groups excluding tert-OH is 1. The van der Waals surface area contributed by atoms with Gasteiger partial charge in [-0.15, -0.1) is 0 Å². The maximum atomic E-state index is 14.2. The highest BCUT2D eigenvalue weighted by Gasteiger charge is 2.41. The first-order chi connectivity index (χ1) is 45.1. The van der Waals surface area contributed by atoms with Crippen LogP contribution >= 0.6 is 0 Å². The van der Waals surface area contributed by atoms with Crippen LogP contribution in [0.1, 0.15) is 52.6 Å². The van der Waals surface area contributed by atoms with Crippen LogP contribution in [0.4, 0.5) is 0 Å². The Morgan fingerprint density at radius 1 is 0.354 bits per heavy atom. The monoisotopic (exact) mass is 1550 g/mol. The van der Waals surface area contributed by atoms with Gasteiger partial charge in [0.2, 0.25) is 29.5 Å². The fourth-order valence-corrected chi connectivity index (χ4v) is 12.5. The number of ketones is 2. The Morgan fingerprint density at radius 3 is 0.970 bits per heavy atom. The molecule has 2 unspecified atom stereocenters. The summed E-state index contributed by atoms with van der Waals surface area (Å²) >= 11 is 0. The molecule has 3 aromatic rings. The number of ether oxygens (including phenoxy) is 2. The third kappa shape index (κ3) is 30.7. The van der Waals surface area contributed by atoms with Crippen LogP contribution in [0.5, 0.6) is 0 Å². The van der Waals surface area contributed by atoms with E-state index in [0.717, 1.165) is 0 Å². The molecule has 6 amide bonds. The molecular weight excluding hydrogens is 1490 g/mol. The maximum Gasteiger partial charge on any atom is 0.380 e. The number of aromatic carboxylic acids is 1. The second-order valence-corrected chi connectivity index (χ2v) is 30.6. The normalized spacial score (nSPS) is 14.7. The van der Waals surface area contributed by atoms with Crippen LogP contribution in [0.3, 0.4) is 0 Å². The lowest BCUT2D eigenvalue weighted by atomic mass is 9.93. The number of aliphatic hydroxyl groups is 1. The first-order valence-electron chi connectivity index (χ1n) is 26.2. The summed E-state index contributed by atoms with van der Waals surface area (Å²) < 4.78 is 246. The van der Waals surface area contributed by atoms with Gasteiger partial charge in [0.15, 0.2) is 0 Å². The predicted molar refractivity (Wildman–Crippen MR) is 321 cm³/mol. The van der Waals surface area contributed by atoms with Crippen molar-refractivity contribution in [2.24, 2.45) is 0 Å². The first-order valence-corrected chi connectivity index (χ1v) is 37.5. The third-order valence-corrected chi connectivity index (χ3v) is 17.4. The Balaban J connectivity index is 2.13. The number of carbonyl (C=O) groups excluding carboxylic acids is 10. The highest BCUT2D eigenvalue weighted by atomic mass is 32.2. The van der Waals surface area contributed by atoms with Crippen LogP contribution in [0, 0.1) is 0 Å². The lowest BCUT2D eigenvalue weighted by Crippen LogP contribution is -2.64. The average molecular weight is 1550 g/mol. The van der Waals surface area contributed by atoms with Crippen molar-refractivity contribution in [1.29, 1.82) is 0 Å². The highest BCUT2D eigenvalue weighted by Crippen LogP contribution is 2.22. The summed E-state index contributed by atoms with van der Waals surface area (Å²) in [6.07, 6.45) is -3.10. The number of nitrogens with one attached hydrogen (secondary N) is 7. The zero-order valence-corrected chi connectivity index (χ0v) is 54.9. The summed E-state index contributed by atoms with van der Waals surface area (Å²) in [5, 5.41) is 40.2. The molecule has 0 saturated carbocycles. The van der Waals surface area contributed by atoms with Gasteiger partial charge in [0.1, 0.15) is 84.5 Å². The molecule has 0 fully saturated rings. The molecule has 0 aliphatic rings. The molecule has 0 bridgehead atoms. The molecule has 3 aromatic carbocycles. The van der Waals surface area contributed by atoms with Gasteiger partial charge < -0.3 is 56.7 Å². The number of carboxylic acids is 2. The van der Waals surface area contributed by atoms with Gasteiger partial charge in [-0.1, -0.05) is 60.7 Å². The number of benzene rings is 3.